The second-order valence-corrected chi connectivity index (χ2v) is 4.46. The SMILES string of the molecule is c1ccc(-c2cnc(-c3ccc4c(c3)OCO4)o2)cc1. The molecule has 4 heteroatoms. The lowest BCUT2D eigenvalue weighted by Gasteiger charge is -1.99. The molecular weight excluding hydrogens is 254 g/mol. The minimum Gasteiger partial charge on any atom is -0.454 e. The number of hydrogen-bond acceptors (Lipinski definition) is 4. The second-order valence-electron chi connectivity index (χ2n) is 4.46. The lowest BCUT2D eigenvalue weighted by molar-refractivity contribution is 0.174. The Kier molecular flexibility index (Phi) is 2.45. The number of oxazole rings is 1. The van der Waals surface area contributed by atoms with Crippen molar-refractivity contribution < 1.29 is 13.9 Å². The van der Waals surface area contributed by atoms with Gasteiger partial charge in [-0.1, -0.05) is 30.3 Å². The van der Waals surface area contributed by atoms with Gasteiger partial charge < -0.3 is 13.9 Å². The molecule has 0 saturated carbocycles. The van der Waals surface area contributed by atoms with Crippen molar-refractivity contribution in [3.63, 3.8) is 0 Å². The van der Waals surface area contributed by atoms with Gasteiger partial charge in [-0.25, -0.2) is 4.98 Å². The van der Waals surface area contributed by atoms with Crippen LogP contribution in [0.3, 0.4) is 0 Å². The fourth-order valence-electron chi connectivity index (χ4n) is 2.17. The standard InChI is InChI=1S/C16H11NO3/c1-2-4-11(5-3-1)15-9-17-16(20-15)12-6-7-13-14(8-12)19-10-18-13/h1-9H,10H2. The highest BCUT2D eigenvalue weighted by molar-refractivity contribution is 5.64. The van der Waals surface area contributed by atoms with Gasteiger partial charge in [-0.3, -0.25) is 0 Å². The summed E-state index contributed by atoms with van der Waals surface area (Å²) in [5.74, 6) is 2.80. The molecule has 0 saturated heterocycles. The van der Waals surface area contributed by atoms with E-state index in [0.717, 1.165) is 28.4 Å². The molecule has 2 heterocycles. The maximum Gasteiger partial charge on any atom is 0.231 e. The zero-order valence-corrected chi connectivity index (χ0v) is 10.6. The molecule has 0 fully saturated rings. The zero-order valence-electron chi connectivity index (χ0n) is 10.6. The molecule has 0 N–H and O–H groups in total. The number of benzene rings is 2. The molecule has 0 unspecified atom stereocenters. The molecular formula is C16H11NO3. The van der Waals surface area contributed by atoms with Gasteiger partial charge in [0.25, 0.3) is 0 Å². The van der Waals surface area contributed by atoms with E-state index in [2.05, 4.69) is 4.98 Å². The first-order valence-corrected chi connectivity index (χ1v) is 6.31. The van der Waals surface area contributed by atoms with Gasteiger partial charge in [0.1, 0.15) is 0 Å². The average molecular weight is 265 g/mol. The van der Waals surface area contributed by atoms with E-state index in [0.29, 0.717) is 5.89 Å². The Morgan fingerprint density at radius 3 is 2.60 bits per heavy atom. The van der Waals surface area contributed by atoms with Gasteiger partial charge in [-0.15, -0.1) is 0 Å². The Morgan fingerprint density at radius 2 is 1.70 bits per heavy atom. The highest BCUT2D eigenvalue weighted by atomic mass is 16.7. The molecule has 4 nitrogen and oxygen atoms in total. The van der Waals surface area contributed by atoms with Gasteiger partial charge in [0, 0.05) is 11.1 Å². The third kappa shape index (κ3) is 1.82. The lowest BCUT2D eigenvalue weighted by Crippen LogP contribution is -1.92. The Labute approximate surface area is 115 Å². The van der Waals surface area contributed by atoms with Crippen LogP contribution >= 0.6 is 0 Å². The van der Waals surface area contributed by atoms with Gasteiger partial charge in [0.2, 0.25) is 12.7 Å². The van der Waals surface area contributed by atoms with E-state index in [-0.39, 0.29) is 6.79 Å². The monoisotopic (exact) mass is 265 g/mol. The van der Waals surface area contributed by atoms with Crippen LogP contribution in [-0.4, -0.2) is 11.8 Å². The smallest absolute Gasteiger partial charge is 0.231 e. The summed E-state index contributed by atoms with van der Waals surface area (Å²) >= 11 is 0. The van der Waals surface area contributed by atoms with Gasteiger partial charge in [-0.2, -0.15) is 0 Å². The molecule has 1 aliphatic heterocycles. The van der Waals surface area contributed by atoms with Crippen LogP contribution in [0.15, 0.2) is 59.1 Å². The Bertz CT molecular complexity index is 749. The first kappa shape index (κ1) is 11.1. The number of ether oxygens (including phenoxy) is 2. The Hall–Kier alpha value is -2.75. The lowest BCUT2D eigenvalue weighted by atomic mass is 10.2. The number of aromatic nitrogens is 1. The predicted molar refractivity (Wildman–Crippen MR) is 73.5 cm³/mol. The highest BCUT2D eigenvalue weighted by Crippen LogP contribution is 2.36. The summed E-state index contributed by atoms with van der Waals surface area (Å²) in [7, 11) is 0. The molecule has 0 radical (unpaired) electrons. The van der Waals surface area contributed by atoms with E-state index in [1.807, 2.05) is 48.5 Å². The van der Waals surface area contributed by atoms with E-state index in [1.54, 1.807) is 6.20 Å². The number of rotatable bonds is 2. The van der Waals surface area contributed by atoms with Gasteiger partial charge in [0.15, 0.2) is 17.3 Å². The molecule has 1 aliphatic rings. The van der Waals surface area contributed by atoms with Crippen molar-refractivity contribution in [1.29, 1.82) is 0 Å². The predicted octanol–water partition coefficient (Wildman–Crippen LogP) is 3.74. The molecule has 20 heavy (non-hydrogen) atoms. The van der Waals surface area contributed by atoms with Crippen LogP contribution in [0.4, 0.5) is 0 Å². The Balaban J connectivity index is 1.72. The van der Waals surface area contributed by atoms with Crippen LogP contribution in [0.5, 0.6) is 11.5 Å². The zero-order chi connectivity index (χ0) is 13.4. The minimum absolute atomic E-state index is 0.264. The topological polar surface area (TPSA) is 44.5 Å². The minimum atomic E-state index is 0.264. The van der Waals surface area contributed by atoms with E-state index in [1.165, 1.54) is 0 Å². The summed E-state index contributed by atoms with van der Waals surface area (Å²) in [6.07, 6.45) is 1.73. The first-order valence-electron chi connectivity index (χ1n) is 6.31. The fraction of sp³-hybridized carbons (Fsp3) is 0.0625. The van der Waals surface area contributed by atoms with Gasteiger partial charge >= 0.3 is 0 Å². The number of nitrogens with zero attached hydrogens (tertiary/aromatic N) is 1. The third-order valence-corrected chi connectivity index (χ3v) is 3.18. The molecule has 0 spiro atoms. The van der Waals surface area contributed by atoms with Crippen LogP contribution in [0, 0.1) is 0 Å². The summed E-state index contributed by atoms with van der Waals surface area (Å²) in [5, 5.41) is 0. The molecule has 98 valence electrons. The molecule has 4 rings (SSSR count). The summed E-state index contributed by atoms with van der Waals surface area (Å²) in [6.45, 7) is 0.264. The van der Waals surface area contributed by atoms with Crippen LogP contribution in [-0.2, 0) is 0 Å². The van der Waals surface area contributed by atoms with Crippen molar-refractivity contribution in [3.05, 3.63) is 54.7 Å². The van der Waals surface area contributed by atoms with Crippen LogP contribution in [0.1, 0.15) is 0 Å². The maximum atomic E-state index is 5.81. The quantitative estimate of drug-likeness (QED) is 0.708. The third-order valence-electron chi connectivity index (χ3n) is 3.18. The normalized spacial score (nSPS) is 12.6. The molecule has 0 aliphatic carbocycles. The molecule has 2 aromatic carbocycles. The van der Waals surface area contributed by atoms with E-state index < -0.39 is 0 Å². The van der Waals surface area contributed by atoms with E-state index >= 15 is 0 Å². The maximum absolute atomic E-state index is 5.81. The van der Waals surface area contributed by atoms with Crippen molar-refractivity contribution >= 4 is 0 Å². The number of fused-ring (bicyclic) bond motifs is 1. The largest absolute Gasteiger partial charge is 0.454 e. The van der Waals surface area contributed by atoms with Crippen molar-refractivity contribution in [2.45, 2.75) is 0 Å². The average Bonchev–Trinajstić information content (AvgIpc) is 3.16. The van der Waals surface area contributed by atoms with E-state index in [9.17, 15) is 0 Å². The summed E-state index contributed by atoms with van der Waals surface area (Å²) in [6, 6.07) is 15.5. The summed E-state index contributed by atoms with van der Waals surface area (Å²) < 4.78 is 16.5. The molecule has 1 aromatic heterocycles. The first-order chi connectivity index (χ1) is 9.90. The van der Waals surface area contributed by atoms with E-state index in [4.69, 9.17) is 13.9 Å². The molecule has 3 aromatic rings. The summed E-state index contributed by atoms with van der Waals surface area (Å²) in [4.78, 5) is 4.33. The fourth-order valence-corrected chi connectivity index (χ4v) is 2.17. The van der Waals surface area contributed by atoms with Crippen LogP contribution < -0.4 is 9.47 Å². The summed E-state index contributed by atoms with van der Waals surface area (Å²) in [5.41, 5.74) is 1.88. The van der Waals surface area contributed by atoms with Crippen LogP contribution in [0.2, 0.25) is 0 Å². The van der Waals surface area contributed by atoms with Crippen LogP contribution in [0.25, 0.3) is 22.8 Å². The Morgan fingerprint density at radius 1 is 0.850 bits per heavy atom. The molecule has 0 atom stereocenters. The van der Waals surface area contributed by atoms with Crippen molar-refractivity contribution in [1.82, 2.24) is 4.98 Å². The second kappa shape index (κ2) is 4.42. The van der Waals surface area contributed by atoms with Gasteiger partial charge in [-0.05, 0) is 18.2 Å². The van der Waals surface area contributed by atoms with Crippen molar-refractivity contribution in [2.75, 3.05) is 6.79 Å². The van der Waals surface area contributed by atoms with Gasteiger partial charge in [0.05, 0.1) is 6.20 Å². The molecule has 0 amide bonds. The van der Waals surface area contributed by atoms with Crippen molar-refractivity contribution in [3.8, 4) is 34.3 Å². The number of hydrogen-bond donors (Lipinski definition) is 0. The molecule has 0 bridgehead atoms. The van der Waals surface area contributed by atoms with Crippen molar-refractivity contribution in [2.24, 2.45) is 0 Å². The highest BCUT2D eigenvalue weighted by Gasteiger charge is 2.16.